The van der Waals surface area contributed by atoms with Crippen LogP contribution in [0.1, 0.15) is 11.1 Å². The maximum atomic E-state index is 12.0. The van der Waals surface area contributed by atoms with Gasteiger partial charge in [0.05, 0.1) is 11.5 Å². The van der Waals surface area contributed by atoms with Crippen LogP contribution in [0, 0.1) is 0 Å². The molecule has 0 saturated carbocycles. The molecular formula is C17H14ClN3OS. The van der Waals surface area contributed by atoms with Gasteiger partial charge >= 0.3 is 0 Å². The van der Waals surface area contributed by atoms with E-state index in [1.807, 2.05) is 54.6 Å². The zero-order valence-electron chi connectivity index (χ0n) is 12.1. The van der Waals surface area contributed by atoms with Gasteiger partial charge in [0, 0.05) is 5.02 Å². The lowest BCUT2D eigenvalue weighted by atomic mass is 10.1. The van der Waals surface area contributed by atoms with Gasteiger partial charge in [0.25, 0.3) is 0 Å². The van der Waals surface area contributed by atoms with Gasteiger partial charge < -0.3 is 5.32 Å². The Labute approximate surface area is 143 Å². The fourth-order valence-corrected chi connectivity index (χ4v) is 3.30. The molecule has 0 spiro atoms. The van der Waals surface area contributed by atoms with Crippen molar-refractivity contribution in [3.05, 3.63) is 70.7 Å². The highest BCUT2D eigenvalue weighted by molar-refractivity contribution is 8.15. The van der Waals surface area contributed by atoms with Crippen molar-refractivity contribution < 1.29 is 4.79 Å². The molecule has 0 unspecified atom stereocenters. The van der Waals surface area contributed by atoms with Crippen molar-refractivity contribution in [3.63, 3.8) is 0 Å². The Morgan fingerprint density at radius 1 is 1.13 bits per heavy atom. The summed E-state index contributed by atoms with van der Waals surface area (Å²) in [5.74, 6) is -0.0661. The minimum absolute atomic E-state index is 0.0661. The Hall–Kier alpha value is -2.11. The first-order valence-electron chi connectivity index (χ1n) is 7.09. The number of nitrogens with zero attached hydrogens (tertiary/aromatic N) is 2. The van der Waals surface area contributed by atoms with Crippen LogP contribution >= 0.6 is 23.4 Å². The van der Waals surface area contributed by atoms with Crippen molar-refractivity contribution in [2.75, 3.05) is 0 Å². The second-order valence-electron chi connectivity index (χ2n) is 4.95. The largest absolute Gasteiger partial charge is 0.303 e. The summed E-state index contributed by atoms with van der Waals surface area (Å²) >= 11 is 7.52. The van der Waals surface area contributed by atoms with E-state index < -0.39 is 0 Å². The van der Waals surface area contributed by atoms with Crippen molar-refractivity contribution in [1.29, 1.82) is 0 Å². The first kappa shape index (κ1) is 15.8. The lowest BCUT2D eigenvalue weighted by Gasteiger charge is -2.06. The van der Waals surface area contributed by atoms with E-state index in [2.05, 4.69) is 15.5 Å². The van der Waals surface area contributed by atoms with E-state index in [1.54, 1.807) is 6.21 Å². The highest BCUT2D eigenvalue weighted by atomic mass is 35.5. The second-order valence-corrected chi connectivity index (χ2v) is 6.55. The average molecular weight is 344 g/mol. The van der Waals surface area contributed by atoms with Gasteiger partial charge in [-0.1, -0.05) is 71.9 Å². The van der Waals surface area contributed by atoms with Gasteiger partial charge in [-0.2, -0.15) is 5.10 Å². The highest BCUT2D eigenvalue weighted by Gasteiger charge is 2.30. The van der Waals surface area contributed by atoms with E-state index in [1.165, 1.54) is 11.8 Å². The molecule has 1 atom stereocenters. The Bertz CT molecular complexity index is 761. The monoisotopic (exact) mass is 343 g/mol. The third-order valence-electron chi connectivity index (χ3n) is 3.29. The number of hydrogen-bond acceptors (Lipinski definition) is 4. The lowest BCUT2D eigenvalue weighted by Crippen LogP contribution is -2.26. The van der Waals surface area contributed by atoms with Crippen molar-refractivity contribution >= 4 is 40.7 Å². The molecule has 116 valence electrons. The molecule has 0 aromatic heterocycles. The number of halogens is 1. The van der Waals surface area contributed by atoms with Crippen LogP contribution < -0.4 is 5.32 Å². The number of carbonyl (C=O) groups is 1. The van der Waals surface area contributed by atoms with Gasteiger partial charge in [0.1, 0.15) is 0 Å². The molecule has 1 amide bonds. The van der Waals surface area contributed by atoms with Crippen LogP contribution in [0.15, 0.2) is 64.8 Å². The van der Waals surface area contributed by atoms with Crippen LogP contribution in [-0.2, 0) is 11.2 Å². The average Bonchev–Trinajstić information content (AvgIpc) is 2.90. The van der Waals surface area contributed by atoms with Crippen molar-refractivity contribution in [3.8, 4) is 0 Å². The second kappa shape index (κ2) is 7.44. The summed E-state index contributed by atoms with van der Waals surface area (Å²) in [5, 5.41) is 11.8. The van der Waals surface area contributed by atoms with Gasteiger partial charge in [0.15, 0.2) is 5.17 Å². The fraction of sp³-hybridized carbons (Fsp3) is 0.118. The molecule has 1 fully saturated rings. The van der Waals surface area contributed by atoms with Crippen LogP contribution in [-0.4, -0.2) is 22.5 Å². The fourth-order valence-electron chi connectivity index (χ4n) is 2.14. The molecule has 23 heavy (non-hydrogen) atoms. The van der Waals surface area contributed by atoms with Gasteiger partial charge in [0.2, 0.25) is 5.91 Å². The number of rotatable bonds is 4. The Morgan fingerprint density at radius 3 is 2.65 bits per heavy atom. The number of nitrogens with one attached hydrogen (secondary N) is 1. The Kier molecular flexibility index (Phi) is 5.10. The quantitative estimate of drug-likeness (QED) is 0.682. The van der Waals surface area contributed by atoms with E-state index in [0.717, 1.165) is 11.1 Å². The summed E-state index contributed by atoms with van der Waals surface area (Å²) in [5.41, 5.74) is 1.91. The molecule has 3 rings (SSSR count). The summed E-state index contributed by atoms with van der Waals surface area (Å²) in [6, 6.07) is 17.2. The molecule has 0 bridgehead atoms. The standard InChI is InChI=1S/C17H14ClN3OS/c18-14-9-5-4-8-13(14)10-15-16(22)20-17(23-15)21-19-11-12-6-2-1-3-7-12/h1-9,11,15H,10H2,(H,20,21,22)/b19-11-/t15-/m0/s1. The zero-order chi connectivity index (χ0) is 16.1. The minimum Gasteiger partial charge on any atom is -0.303 e. The molecular weight excluding hydrogens is 330 g/mol. The molecule has 1 aliphatic heterocycles. The SMILES string of the molecule is O=C1N/C(=N\N=C/c2ccccc2)S[C@H]1Cc1ccccc1Cl. The maximum absolute atomic E-state index is 12.0. The summed E-state index contributed by atoms with van der Waals surface area (Å²) in [7, 11) is 0. The summed E-state index contributed by atoms with van der Waals surface area (Å²) < 4.78 is 0. The third kappa shape index (κ3) is 4.21. The Morgan fingerprint density at radius 2 is 1.87 bits per heavy atom. The smallest absolute Gasteiger partial charge is 0.239 e. The minimum atomic E-state index is -0.236. The van der Waals surface area contributed by atoms with E-state index in [9.17, 15) is 4.79 Å². The molecule has 1 N–H and O–H groups in total. The number of amidine groups is 1. The molecule has 1 heterocycles. The topological polar surface area (TPSA) is 53.8 Å². The summed E-state index contributed by atoms with van der Waals surface area (Å²) in [6.45, 7) is 0. The van der Waals surface area contributed by atoms with Gasteiger partial charge in [-0.05, 0) is 23.6 Å². The normalized spacial score (nSPS) is 19.4. The van der Waals surface area contributed by atoms with Gasteiger partial charge in [-0.3, -0.25) is 4.79 Å². The molecule has 2 aromatic carbocycles. The highest BCUT2D eigenvalue weighted by Crippen LogP contribution is 2.26. The van der Waals surface area contributed by atoms with E-state index in [0.29, 0.717) is 16.6 Å². The number of benzene rings is 2. The van der Waals surface area contributed by atoms with Crippen molar-refractivity contribution in [1.82, 2.24) is 5.32 Å². The molecule has 6 heteroatoms. The van der Waals surface area contributed by atoms with Crippen LogP contribution in [0.3, 0.4) is 0 Å². The number of hydrogen-bond donors (Lipinski definition) is 1. The zero-order valence-corrected chi connectivity index (χ0v) is 13.7. The molecule has 0 radical (unpaired) electrons. The van der Waals surface area contributed by atoms with Crippen LogP contribution in [0.4, 0.5) is 0 Å². The van der Waals surface area contributed by atoms with E-state index in [4.69, 9.17) is 11.6 Å². The number of amides is 1. The van der Waals surface area contributed by atoms with Crippen molar-refractivity contribution in [2.24, 2.45) is 10.2 Å². The van der Waals surface area contributed by atoms with Gasteiger partial charge in [-0.25, -0.2) is 0 Å². The molecule has 4 nitrogen and oxygen atoms in total. The Balaban J connectivity index is 1.64. The number of thioether (sulfide) groups is 1. The van der Waals surface area contributed by atoms with Crippen molar-refractivity contribution in [2.45, 2.75) is 11.7 Å². The van der Waals surface area contributed by atoms with Crippen LogP contribution in [0.2, 0.25) is 5.02 Å². The molecule has 1 aliphatic rings. The van der Waals surface area contributed by atoms with Crippen LogP contribution in [0.25, 0.3) is 0 Å². The van der Waals surface area contributed by atoms with Gasteiger partial charge in [-0.15, -0.1) is 5.10 Å². The van der Waals surface area contributed by atoms with Crippen LogP contribution in [0.5, 0.6) is 0 Å². The predicted molar refractivity (Wildman–Crippen MR) is 96.1 cm³/mol. The lowest BCUT2D eigenvalue weighted by molar-refractivity contribution is -0.118. The maximum Gasteiger partial charge on any atom is 0.239 e. The third-order valence-corrected chi connectivity index (χ3v) is 4.74. The van der Waals surface area contributed by atoms with E-state index >= 15 is 0 Å². The summed E-state index contributed by atoms with van der Waals surface area (Å²) in [6.07, 6.45) is 2.22. The molecule has 0 aliphatic carbocycles. The summed E-state index contributed by atoms with van der Waals surface area (Å²) in [4.78, 5) is 12.0. The first-order valence-corrected chi connectivity index (χ1v) is 8.35. The predicted octanol–water partition coefficient (Wildman–Crippen LogP) is 3.50. The first-order chi connectivity index (χ1) is 11.2. The molecule has 1 saturated heterocycles. The van der Waals surface area contributed by atoms with E-state index in [-0.39, 0.29) is 11.2 Å². The number of carbonyl (C=O) groups excluding carboxylic acids is 1. The molecule has 2 aromatic rings.